The van der Waals surface area contributed by atoms with Gasteiger partial charge in [-0.1, -0.05) is 60.7 Å². The van der Waals surface area contributed by atoms with E-state index in [4.69, 9.17) is 0 Å². The molecule has 4 nitrogen and oxygen atoms in total. The molecule has 1 amide bonds. The summed E-state index contributed by atoms with van der Waals surface area (Å²) in [7, 11) is 0. The number of rotatable bonds is 5. The Morgan fingerprint density at radius 1 is 0.680 bits per heavy atom. The molecule has 3 aromatic carbocycles. The summed E-state index contributed by atoms with van der Waals surface area (Å²) >= 11 is 0. The minimum absolute atomic E-state index is 0.196. The molecule has 0 aliphatic rings. The van der Waals surface area contributed by atoms with E-state index in [1.807, 2.05) is 24.3 Å². The Kier molecular flexibility index (Phi) is 5.23. The van der Waals surface area contributed by atoms with Crippen LogP contribution in [0.3, 0.4) is 0 Å². The van der Waals surface area contributed by atoms with Crippen molar-refractivity contribution in [3.8, 4) is 0 Å². The fourth-order valence-electron chi connectivity index (χ4n) is 2.57. The first-order valence-electron chi connectivity index (χ1n) is 8.02. The molecule has 0 saturated carbocycles. The SMILES string of the molecule is O=C(Nc1ccc([C@@H](O)[C@@H](O)c2ccccc2)cc1)c1ccccc1. The summed E-state index contributed by atoms with van der Waals surface area (Å²) in [6.45, 7) is 0. The minimum atomic E-state index is -1.04. The van der Waals surface area contributed by atoms with Gasteiger partial charge in [0.05, 0.1) is 0 Å². The smallest absolute Gasteiger partial charge is 0.255 e. The number of hydrogen-bond acceptors (Lipinski definition) is 3. The molecule has 25 heavy (non-hydrogen) atoms. The van der Waals surface area contributed by atoms with Crippen molar-refractivity contribution >= 4 is 11.6 Å². The third-order valence-corrected chi connectivity index (χ3v) is 3.99. The van der Waals surface area contributed by atoms with Gasteiger partial charge in [0.15, 0.2) is 0 Å². The quantitative estimate of drug-likeness (QED) is 0.667. The van der Waals surface area contributed by atoms with Gasteiger partial charge in [0.25, 0.3) is 5.91 Å². The van der Waals surface area contributed by atoms with Crippen molar-refractivity contribution < 1.29 is 15.0 Å². The molecule has 2 atom stereocenters. The molecule has 0 bridgehead atoms. The number of aliphatic hydroxyl groups excluding tert-OH is 2. The second-order valence-corrected chi connectivity index (χ2v) is 5.74. The molecule has 3 rings (SSSR count). The predicted octanol–water partition coefficient (Wildman–Crippen LogP) is 3.71. The maximum atomic E-state index is 12.1. The Morgan fingerprint density at radius 2 is 1.16 bits per heavy atom. The van der Waals surface area contributed by atoms with Crippen LogP contribution in [0.5, 0.6) is 0 Å². The molecule has 0 saturated heterocycles. The average Bonchev–Trinajstić information content (AvgIpc) is 2.69. The Balaban J connectivity index is 1.68. The van der Waals surface area contributed by atoms with Crippen molar-refractivity contribution in [1.82, 2.24) is 0 Å². The average molecular weight is 333 g/mol. The third-order valence-electron chi connectivity index (χ3n) is 3.99. The van der Waals surface area contributed by atoms with Gasteiger partial charge in [-0.25, -0.2) is 0 Å². The van der Waals surface area contributed by atoms with Crippen molar-refractivity contribution in [2.24, 2.45) is 0 Å². The highest BCUT2D eigenvalue weighted by Crippen LogP contribution is 2.29. The van der Waals surface area contributed by atoms with E-state index in [-0.39, 0.29) is 5.91 Å². The van der Waals surface area contributed by atoms with E-state index in [0.29, 0.717) is 22.4 Å². The molecule has 4 heteroatoms. The Labute approximate surface area is 146 Å². The number of aliphatic hydroxyl groups is 2. The van der Waals surface area contributed by atoms with E-state index in [9.17, 15) is 15.0 Å². The van der Waals surface area contributed by atoms with Crippen molar-refractivity contribution in [2.75, 3.05) is 5.32 Å². The highest BCUT2D eigenvalue weighted by molar-refractivity contribution is 6.04. The van der Waals surface area contributed by atoms with Gasteiger partial charge in [0.2, 0.25) is 0 Å². The highest BCUT2D eigenvalue weighted by Gasteiger charge is 2.20. The van der Waals surface area contributed by atoms with Crippen LogP contribution >= 0.6 is 0 Å². The van der Waals surface area contributed by atoms with E-state index in [1.54, 1.807) is 60.7 Å². The van der Waals surface area contributed by atoms with Crippen molar-refractivity contribution in [3.05, 3.63) is 102 Å². The standard InChI is InChI=1S/C21H19NO3/c23-19(15-7-3-1-4-8-15)20(24)16-11-13-18(14-12-16)22-21(25)17-9-5-2-6-10-17/h1-14,19-20,23-24H,(H,22,25)/t19-,20+/m0/s1. The lowest BCUT2D eigenvalue weighted by Gasteiger charge is -2.19. The van der Waals surface area contributed by atoms with Gasteiger partial charge < -0.3 is 15.5 Å². The number of amides is 1. The first-order valence-corrected chi connectivity index (χ1v) is 8.02. The van der Waals surface area contributed by atoms with E-state index >= 15 is 0 Å². The van der Waals surface area contributed by atoms with Crippen LogP contribution in [0.2, 0.25) is 0 Å². The Morgan fingerprint density at radius 3 is 1.72 bits per heavy atom. The van der Waals surface area contributed by atoms with Crippen molar-refractivity contribution in [3.63, 3.8) is 0 Å². The number of anilines is 1. The maximum Gasteiger partial charge on any atom is 0.255 e. The normalized spacial score (nSPS) is 13.0. The molecular weight excluding hydrogens is 314 g/mol. The summed E-state index contributed by atoms with van der Waals surface area (Å²) in [5.74, 6) is -0.196. The zero-order valence-corrected chi connectivity index (χ0v) is 13.5. The summed E-state index contributed by atoms with van der Waals surface area (Å²) < 4.78 is 0. The first kappa shape index (κ1) is 16.9. The molecule has 0 radical (unpaired) electrons. The van der Waals surface area contributed by atoms with Crippen LogP contribution in [0.15, 0.2) is 84.9 Å². The second-order valence-electron chi connectivity index (χ2n) is 5.74. The number of benzene rings is 3. The van der Waals surface area contributed by atoms with Crippen LogP contribution in [-0.4, -0.2) is 16.1 Å². The summed E-state index contributed by atoms with van der Waals surface area (Å²) in [6, 6.07) is 24.7. The molecule has 0 heterocycles. The molecule has 126 valence electrons. The van der Waals surface area contributed by atoms with Crippen molar-refractivity contribution in [1.29, 1.82) is 0 Å². The van der Waals surface area contributed by atoms with Gasteiger partial charge >= 0.3 is 0 Å². The van der Waals surface area contributed by atoms with Crippen LogP contribution in [0, 0.1) is 0 Å². The lowest BCUT2D eigenvalue weighted by molar-refractivity contribution is 0.0172. The highest BCUT2D eigenvalue weighted by atomic mass is 16.3. The second kappa shape index (κ2) is 7.75. The summed E-state index contributed by atoms with van der Waals surface area (Å²) in [5.41, 5.74) is 2.43. The van der Waals surface area contributed by atoms with Crippen LogP contribution in [0.1, 0.15) is 33.7 Å². The number of carbonyl (C=O) groups excluding carboxylic acids is 1. The fourth-order valence-corrected chi connectivity index (χ4v) is 2.57. The molecule has 0 fully saturated rings. The zero-order valence-electron chi connectivity index (χ0n) is 13.5. The number of carbonyl (C=O) groups is 1. The van der Waals surface area contributed by atoms with Gasteiger partial charge in [-0.2, -0.15) is 0 Å². The molecule has 3 aromatic rings. The van der Waals surface area contributed by atoms with Crippen LogP contribution in [0.4, 0.5) is 5.69 Å². The maximum absolute atomic E-state index is 12.1. The first-order chi connectivity index (χ1) is 12.1. The Bertz CT molecular complexity index is 817. The molecule has 3 N–H and O–H groups in total. The zero-order chi connectivity index (χ0) is 17.6. The molecule has 0 aliphatic heterocycles. The van der Waals surface area contributed by atoms with Gasteiger partial charge in [0.1, 0.15) is 12.2 Å². The van der Waals surface area contributed by atoms with E-state index in [0.717, 1.165) is 0 Å². The predicted molar refractivity (Wildman–Crippen MR) is 97.2 cm³/mol. The number of nitrogens with one attached hydrogen (secondary N) is 1. The largest absolute Gasteiger partial charge is 0.385 e. The van der Waals surface area contributed by atoms with Crippen LogP contribution in [-0.2, 0) is 0 Å². The van der Waals surface area contributed by atoms with Gasteiger partial charge in [-0.05, 0) is 35.4 Å². The topological polar surface area (TPSA) is 69.6 Å². The molecule has 0 aromatic heterocycles. The summed E-state index contributed by atoms with van der Waals surface area (Å²) in [6.07, 6.45) is -2.05. The Hall–Kier alpha value is -2.95. The van der Waals surface area contributed by atoms with Gasteiger partial charge in [0, 0.05) is 11.3 Å². The summed E-state index contributed by atoms with van der Waals surface area (Å²) in [5, 5.41) is 23.4. The monoisotopic (exact) mass is 333 g/mol. The minimum Gasteiger partial charge on any atom is -0.385 e. The summed E-state index contributed by atoms with van der Waals surface area (Å²) in [4.78, 5) is 12.1. The fraction of sp³-hybridized carbons (Fsp3) is 0.0952. The van der Waals surface area contributed by atoms with E-state index in [2.05, 4.69) is 5.32 Å². The van der Waals surface area contributed by atoms with Crippen LogP contribution in [0.25, 0.3) is 0 Å². The molecule has 0 unspecified atom stereocenters. The van der Waals surface area contributed by atoms with Gasteiger partial charge in [-0.15, -0.1) is 0 Å². The molecule has 0 aliphatic carbocycles. The van der Waals surface area contributed by atoms with Crippen LogP contribution < -0.4 is 5.32 Å². The lowest BCUT2D eigenvalue weighted by atomic mass is 9.98. The van der Waals surface area contributed by atoms with Crippen molar-refractivity contribution in [2.45, 2.75) is 12.2 Å². The third kappa shape index (κ3) is 4.12. The van der Waals surface area contributed by atoms with E-state index < -0.39 is 12.2 Å². The van der Waals surface area contributed by atoms with E-state index in [1.165, 1.54) is 0 Å². The lowest BCUT2D eigenvalue weighted by Crippen LogP contribution is -2.12. The molecular formula is C21H19NO3. The number of hydrogen-bond donors (Lipinski definition) is 3. The van der Waals surface area contributed by atoms with Gasteiger partial charge in [-0.3, -0.25) is 4.79 Å². The molecule has 0 spiro atoms.